The molecule has 0 saturated heterocycles. The second-order valence-electron chi connectivity index (χ2n) is 3.57. The molecule has 1 aromatic rings. The van der Waals surface area contributed by atoms with Crippen LogP contribution in [0.3, 0.4) is 0 Å². The van der Waals surface area contributed by atoms with Crippen molar-refractivity contribution in [1.82, 2.24) is 0 Å². The number of rotatable bonds is 6. The van der Waals surface area contributed by atoms with Crippen LogP contribution >= 0.6 is 11.8 Å². The highest BCUT2D eigenvalue weighted by atomic mass is 32.2. The Hall–Kier alpha value is -0.870. The van der Waals surface area contributed by atoms with Crippen molar-refractivity contribution in [3.63, 3.8) is 0 Å². The average molecular weight is 241 g/mol. The van der Waals surface area contributed by atoms with E-state index in [-0.39, 0.29) is 6.61 Å². The minimum atomic E-state index is 0.224. The van der Waals surface area contributed by atoms with E-state index in [0.717, 1.165) is 17.1 Å². The topological polar surface area (TPSA) is 55.5 Å². The van der Waals surface area contributed by atoms with Crippen molar-refractivity contribution < 1.29 is 9.84 Å². The van der Waals surface area contributed by atoms with E-state index in [1.165, 1.54) is 0 Å². The highest BCUT2D eigenvalue weighted by Crippen LogP contribution is 2.31. The monoisotopic (exact) mass is 241 g/mol. The van der Waals surface area contributed by atoms with Crippen LogP contribution in [0.2, 0.25) is 0 Å². The normalized spacial score (nSPS) is 12.4. The molecule has 0 fully saturated rings. The second-order valence-corrected chi connectivity index (χ2v) is 5.09. The Morgan fingerprint density at radius 1 is 1.50 bits per heavy atom. The fourth-order valence-electron chi connectivity index (χ4n) is 1.34. The Morgan fingerprint density at radius 2 is 2.25 bits per heavy atom. The summed E-state index contributed by atoms with van der Waals surface area (Å²) in [5.74, 6) is 0.740. The van der Waals surface area contributed by atoms with Gasteiger partial charge in [0.1, 0.15) is 5.75 Å². The lowest BCUT2D eigenvalue weighted by molar-refractivity contribution is 0.289. The first-order valence-corrected chi connectivity index (χ1v) is 6.35. The summed E-state index contributed by atoms with van der Waals surface area (Å²) in [5.41, 5.74) is 6.46. The van der Waals surface area contributed by atoms with Crippen LogP contribution in [-0.2, 0) is 0 Å². The van der Waals surface area contributed by atoms with E-state index in [1.807, 2.05) is 25.1 Å². The third-order valence-electron chi connectivity index (χ3n) is 2.16. The van der Waals surface area contributed by atoms with E-state index in [4.69, 9.17) is 15.6 Å². The number of aliphatic hydroxyl groups is 1. The maximum atomic E-state index is 8.84. The molecule has 1 atom stereocenters. The lowest BCUT2D eigenvalue weighted by Gasteiger charge is -2.12. The van der Waals surface area contributed by atoms with Crippen LogP contribution in [0.15, 0.2) is 23.1 Å². The number of hydrogen-bond donors (Lipinski definition) is 2. The van der Waals surface area contributed by atoms with Gasteiger partial charge in [-0.05, 0) is 31.5 Å². The number of ether oxygens (including phenoxy) is 1. The smallest absolute Gasteiger partial charge is 0.143 e. The molecule has 1 rings (SSSR count). The predicted molar refractivity (Wildman–Crippen MR) is 69.0 cm³/mol. The predicted octanol–water partition coefficient (Wildman–Crippen LogP) is 2.53. The summed E-state index contributed by atoms with van der Waals surface area (Å²) in [5, 5.41) is 9.23. The van der Waals surface area contributed by atoms with Gasteiger partial charge in [-0.2, -0.15) is 0 Å². The molecule has 0 saturated carbocycles. The van der Waals surface area contributed by atoms with Gasteiger partial charge in [-0.1, -0.05) is 6.92 Å². The molecule has 0 aliphatic heterocycles. The van der Waals surface area contributed by atoms with Gasteiger partial charge in [0.05, 0.1) is 12.3 Å². The van der Waals surface area contributed by atoms with Gasteiger partial charge >= 0.3 is 0 Å². The Bertz CT molecular complexity index is 331. The zero-order valence-electron chi connectivity index (χ0n) is 9.77. The van der Waals surface area contributed by atoms with E-state index in [2.05, 4.69) is 6.92 Å². The minimum absolute atomic E-state index is 0.224. The molecule has 0 radical (unpaired) electrons. The van der Waals surface area contributed by atoms with Crippen molar-refractivity contribution in [2.75, 3.05) is 18.9 Å². The molecule has 1 unspecified atom stereocenters. The van der Waals surface area contributed by atoms with Crippen molar-refractivity contribution in [2.45, 2.75) is 30.4 Å². The van der Waals surface area contributed by atoms with Gasteiger partial charge < -0.3 is 15.6 Å². The second kappa shape index (κ2) is 6.66. The summed E-state index contributed by atoms with van der Waals surface area (Å²) < 4.78 is 5.43. The quantitative estimate of drug-likeness (QED) is 0.593. The van der Waals surface area contributed by atoms with Crippen molar-refractivity contribution in [1.29, 1.82) is 0 Å². The maximum Gasteiger partial charge on any atom is 0.143 e. The van der Waals surface area contributed by atoms with Crippen molar-refractivity contribution in [2.24, 2.45) is 0 Å². The Labute approximate surface area is 101 Å². The van der Waals surface area contributed by atoms with Crippen LogP contribution in [-0.4, -0.2) is 23.6 Å². The van der Waals surface area contributed by atoms with E-state index in [9.17, 15) is 0 Å². The largest absolute Gasteiger partial charge is 0.492 e. The first-order chi connectivity index (χ1) is 7.67. The number of nitrogen functional groups attached to an aromatic ring is 1. The highest BCUT2D eigenvalue weighted by Gasteiger charge is 2.06. The first-order valence-electron chi connectivity index (χ1n) is 5.47. The summed E-state index contributed by atoms with van der Waals surface area (Å²) in [6.45, 7) is 4.87. The fourth-order valence-corrected chi connectivity index (χ4v) is 2.35. The summed E-state index contributed by atoms with van der Waals surface area (Å²) in [4.78, 5) is 1.12. The third kappa shape index (κ3) is 3.94. The molecule has 4 heteroatoms. The molecule has 0 spiro atoms. The van der Waals surface area contributed by atoms with E-state index >= 15 is 0 Å². The molecule has 0 aliphatic carbocycles. The maximum absolute atomic E-state index is 8.84. The van der Waals surface area contributed by atoms with Crippen LogP contribution in [0.1, 0.15) is 20.3 Å². The summed E-state index contributed by atoms with van der Waals surface area (Å²) in [6.07, 6.45) is 0.791. The minimum Gasteiger partial charge on any atom is -0.492 e. The number of benzene rings is 1. The molecule has 0 bridgehead atoms. The zero-order valence-corrected chi connectivity index (χ0v) is 10.6. The van der Waals surface area contributed by atoms with Gasteiger partial charge in [0.25, 0.3) is 0 Å². The van der Waals surface area contributed by atoms with Gasteiger partial charge in [-0.15, -0.1) is 11.8 Å². The lowest BCUT2D eigenvalue weighted by Crippen LogP contribution is -2.00. The lowest BCUT2D eigenvalue weighted by atomic mass is 10.3. The first kappa shape index (κ1) is 13.2. The molecule has 0 heterocycles. The average Bonchev–Trinajstić information content (AvgIpc) is 2.24. The van der Waals surface area contributed by atoms with Crippen LogP contribution in [0.4, 0.5) is 5.69 Å². The number of anilines is 1. The summed E-state index contributed by atoms with van der Waals surface area (Å²) in [7, 11) is 0. The van der Waals surface area contributed by atoms with Gasteiger partial charge in [0.2, 0.25) is 0 Å². The molecule has 3 N–H and O–H groups in total. The number of hydrogen-bond acceptors (Lipinski definition) is 4. The summed E-state index contributed by atoms with van der Waals surface area (Å²) in [6, 6.07) is 5.80. The van der Waals surface area contributed by atoms with Crippen LogP contribution < -0.4 is 10.5 Å². The molecule has 0 aliphatic rings. The SMILES string of the molecule is CCOc1cc(SC(C)CCO)ccc1N. The Morgan fingerprint density at radius 3 is 2.88 bits per heavy atom. The molecular weight excluding hydrogens is 222 g/mol. The molecule has 16 heavy (non-hydrogen) atoms. The molecule has 0 aromatic heterocycles. The third-order valence-corrected chi connectivity index (χ3v) is 3.32. The van der Waals surface area contributed by atoms with Crippen molar-refractivity contribution >= 4 is 17.4 Å². The number of aliphatic hydroxyl groups excluding tert-OH is 1. The zero-order chi connectivity index (χ0) is 12.0. The number of nitrogens with two attached hydrogens (primary N) is 1. The Balaban J connectivity index is 2.70. The molecule has 1 aromatic carbocycles. The molecule has 3 nitrogen and oxygen atoms in total. The molecule has 0 amide bonds. The highest BCUT2D eigenvalue weighted by molar-refractivity contribution is 7.99. The van der Waals surface area contributed by atoms with Crippen LogP contribution in [0.25, 0.3) is 0 Å². The van der Waals surface area contributed by atoms with Crippen LogP contribution in [0.5, 0.6) is 5.75 Å². The molecular formula is C12H19NO2S. The Kier molecular flexibility index (Phi) is 5.49. The van der Waals surface area contributed by atoms with Crippen molar-refractivity contribution in [3.8, 4) is 5.75 Å². The van der Waals surface area contributed by atoms with E-state index in [1.54, 1.807) is 11.8 Å². The molecule has 90 valence electrons. The van der Waals surface area contributed by atoms with E-state index in [0.29, 0.717) is 17.5 Å². The number of thioether (sulfide) groups is 1. The van der Waals surface area contributed by atoms with Gasteiger partial charge in [-0.3, -0.25) is 0 Å². The van der Waals surface area contributed by atoms with Gasteiger partial charge in [0, 0.05) is 16.8 Å². The van der Waals surface area contributed by atoms with E-state index < -0.39 is 0 Å². The van der Waals surface area contributed by atoms with Crippen molar-refractivity contribution in [3.05, 3.63) is 18.2 Å². The fraction of sp³-hybridized carbons (Fsp3) is 0.500. The summed E-state index contributed by atoms with van der Waals surface area (Å²) >= 11 is 1.72. The van der Waals surface area contributed by atoms with Gasteiger partial charge in [0.15, 0.2) is 0 Å². The van der Waals surface area contributed by atoms with Gasteiger partial charge in [-0.25, -0.2) is 0 Å². The van der Waals surface area contributed by atoms with Crippen LogP contribution in [0, 0.1) is 0 Å². The standard InChI is InChI=1S/C12H19NO2S/c1-3-15-12-8-10(4-5-11(12)13)16-9(2)6-7-14/h4-5,8-9,14H,3,6-7,13H2,1-2H3.